The van der Waals surface area contributed by atoms with Gasteiger partial charge in [0, 0.05) is 6.04 Å². The summed E-state index contributed by atoms with van der Waals surface area (Å²) < 4.78 is 5.10. The van der Waals surface area contributed by atoms with E-state index in [1.165, 1.54) is 0 Å². The standard InChI is InChI=1S/C7H13NO3/c1-8-6-2-5(7(9)10)3-11-4-6/h5-6,8H,2-4H2,1H3,(H,9,10). The maximum atomic E-state index is 10.5. The Bertz CT molecular complexity index is 149. The molecule has 0 radical (unpaired) electrons. The number of likely N-dealkylation sites (N-methyl/N-ethyl adjacent to an activating group) is 1. The van der Waals surface area contributed by atoms with Crippen molar-refractivity contribution in [3.05, 3.63) is 0 Å². The Hall–Kier alpha value is -0.610. The van der Waals surface area contributed by atoms with Gasteiger partial charge >= 0.3 is 5.97 Å². The van der Waals surface area contributed by atoms with Crippen LogP contribution in [0.2, 0.25) is 0 Å². The van der Waals surface area contributed by atoms with Crippen molar-refractivity contribution >= 4 is 5.97 Å². The minimum absolute atomic E-state index is 0.199. The highest BCUT2D eigenvalue weighted by Crippen LogP contribution is 2.13. The molecule has 2 unspecified atom stereocenters. The smallest absolute Gasteiger partial charge is 0.308 e. The molecule has 0 aliphatic carbocycles. The molecule has 0 saturated carbocycles. The van der Waals surface area contributed by atoms with Crippen LogP contribution in [0.1, 0.15) is 6.42 Å². The van der Waals surface area contributed by atoms with E-state index in [2.05, 4.69) is 5.32 Å². The number of carboxylic acid groups (broad SMARTS) is 1. The molecule has 1 fully saturated rings. The SMILES string of the molecule is CNC1COCC(C(=O)O)C1. The van der Waals surface area contributed by atoms with Gasteiger partial charge in [-0.3, -0.25) is 4.79 Å². The summed E-state index contributed by atoms with van der Waals surface area (Å²) in [5.74, 6) is -1.09. The van der Waals surface area contributed by atoms with E-state index in [9.17, 15) is 4.79 Å². The Morgan fingerprint density at radius 2 is 2.36 bits per heavy atom. The van der Waals surface area contributed by atoms with Gasteiger partial charge in [0.25, 0.3) is 0 Å². The first-order valence-corrected chi connectivity index (χ1v) is 3.72. The molecule has 64 valence electrons. The molecule has 2 atom stereocenters. The lowest BCUT2D eigenvalue weighted by Gasteiger charge is -2.26. The predicted molar refractivity (Wildman–Crippen MR) is 39.4 cm³/mol. The van der Waals surface area contributed by atoms with E-state index in [1.54, 1.807) is 0 Å². The third-order valence-electron chi connectivity index (χ3n) is 1.96. The van der Waals surface area contributed by atoms with Gasteiger partial charge in [0.2, 0.25) is 0 Å². The third kappa shape index (κ3) is 2.17. The number of carbonyl (C=O) groups is 1. The lowest BCUT2D eigenvalue weighted by atomic mass is 9.99. The van der Waals surface area contributed by atoms with Crippen molar-refractivity contribution < 1.29 is 14.6 Å². The molecule has 1 aliphatic heterocycles. The van der Waals surface area contributed by atoms with Crippen molar-refractivity contribution in [2.45, 2.75) is 12.5 Å². The van der Waals surface area contributed by atoms with Gasteiger partial charge in [-0.2, -0.15) is 0 Å². The van der Waals surface area contributed by atoms with Crippen molar-refractivity contribution in [2.24, 2.45) is 5.92 Å². The first kappa shape index (κ1) is 8.49. The monoisotopic (exact) mass is 159 g/mol. The van der Waals surface area contributed by atoms with Gasteiger partial charge in [0.1, 0.15) is 0 Å². The highest BCUT2D eigenvalue weighted by molar-refractivity contribution is 5.70. The van der Waals surface area contributed by atoms with Crippen LogP contribution < -0.4 is 5.32 Å². The van der Waals surface area contributed by atoms with E-state index in [0.29, 0.717) is 19.6 Å². The van der Waals surface area contributed by atoms with Crippen LogP contribution in [0.3, 0.4) is 0 Å². The summed E-state index contributed by atoms with van der Waals surface area (Å²) in [4.78, 5) is 10.5. The van der Waals surface area contributed by atoms with Gasteiger partial charge in [-0.25, -0.2) is 0 Å². The normalized spacial score (nSPS) is 31.7. The summed E-state index contributed by atoms with van der Waals surface area (Å²) >= 11 is 0. The summed E-state index contributed by atoms with van der Waals surface area (Å²) in [7, 11) is 1.82. The van der Waals surface area contributed by atoms with Gasteiger partial charge < -0.3 is 15.2 Å². The first-order valence-electron chi connectivity index (χ1n) is 3.72. The molecule has 0 spiro atoms. The highest BCUT2D eigenvalue weighted by Gasteiger charge is 2.26. The Morgan fingerprint density at radius 3 is 2.91 bits per heavy atom. The molecule has 1 aliphatic rings. The lowest BCUT2D eigenvalue weighted by molar-refractivity contribution is -0.146. The van der Waals surface area contributed by atoms with E-state index in [1.807, 2.05) is 7.05 Å². The number of nitrogens with one attached hydrogen (secondary N) is 1. The van der Waals surface area contributed by atoms with Crippen molar-refractivity contribution in [2.75, 3.05) is 20.3 Å². The molecule has 0 aromatic carbocycles. The quantitative estimate of drug-likeness (QED) is 0.580. The summed E-state index contributed by atoms with van der Waals surface area (Å²) in [5.41, 5.74) is 0. The Balaban J connectivity index is 2.39. The van der Waals surface area contributed by atoms with Crippen molar-refractivity contribution in [3.8, 4) is 0 Å². The van der Waals surface area contributed by atoms with Crippen molar-refractivity contribution in [1.29, 1.82) is 0 Å². The van der Waals surface area contributed by atoms with Crippen LogP contribution in [0.4, 0.5) is 0 Å². The molecule has 0 aromatic rings. The van der Waals surface area contributed by atoms with Crippen LogP contribution in [-0.4, -0.2) is 37.4 Å². The van der Waals surface area contributed by atoms with Gasteiger partial charge in [-0.15, -0.1) is 0 Å². The van der Waals surface area contributed by atoms with Crippen LogP contribution in [0.5, 0.6) is 0 Å². The summed E-state index contributed by atoms with van der Waals surface area (Å²) in [5, 5.41) is 11.6. The molecule has 1 saturated heterocycles. The molecule has 4 heteroatoms. The molecule has 0 bridgehead atoms. The number of ether oxygens (including phenoxy) is 1. The van der Waals surface area contributed by atoms with Gasteiger partial charge in [-0.1, -0.05) is 0 Å². The van der Waals surface area contributed by atoms with Crippen LogP contribution in [0.25, 0.3) is 0 Å². The predicted octanol–water partition coefficient (Wildman–Crippen LogP) is -0.305. The molecule has 1 rings (SSSR count). The van der Waals surface area contributed by atoms with Gasteiger partial charge in [-0.05, 0) is 13.5 Å². The van der Waals surface area contributed by atoms with E-state index < -0.39 is 5.97 Å². The summed E-state index contributed by atoms with van der Waals surface area (Å²) in [6.07, 6.45) is 0.672. The second-order valence-electron chi connectivity index (χ2n) is 2.79. The third-order valence-corrected chi connectivity index (χ3v) is 1.96. The Labute approximate surface area is 65.5 Å². The summed E-state index contributed by atoms with van der Waals surface area (Å²) in [6, 6.07) is 0.199. The average molecular weight is 159 g/mol. The molecule has 4 nitrogen and oxygen atoms in total. The zero-order chi connectivity index (χ0) is 8.27. The second-order valence-corrected chi connectivity index (χ2v) is 2.79. The summed E-state index contributed by atoms with van der Waals surface area (Å²) in [6.45, 7) is 0.980. The van der Waals surface area contributed by atoms with Crippen LogP contribution in [0, 0.1) is 5.92 Å². The molecule has 2 N–H and O–H groups in total. The van der Waals surface area contributed by atoms with Crippen LogP contribution >= 0.6 is 0 Å². The highest BCUT2D eigenvalue weighted by atomic mass is 16.5. The molecule has 11 heavy (non-hydrogen) atoms. The molecule has 0 aromatic heterocycles. The van der Waals surface area contributed by atoms with Gasteiger partial charge in [0.15, 0.2) is 0 Å². The van der Waals surface area contributed by atoms with Crippen molar-refractivity contribution in [3.63, 3.8) is 0 Å². The number of aliphatic carboxylic acids is 1. The maximum Gasteiger partial charge on any atom is 0.308 e. The molecular formula is C7H13NO3. The molecule has 0 amide bonds. The fourth-order valence-corrected chi connectivity index (χ4v) is 1.21. The molecular weight excluding hydrogens is 146 g/mol. The maximum absolute atomic E-state index is 10.5. The van der Waals surface area contributed by atoms with Gasteiger partial charge in [0.05, 0.1) is 19.1 Å². The van der Waals surface area contributed by atoms with E-state index in [0.717, 1.165) is 0 Å². The Morgan fingerprint density at radius 1 is 1.64 bits per heavy atom. The fraction of sp³-hybridized carbons (Fsp3) is 0.857. The topological polar surface area (TPSA) is 58.6 Å². The average Bonchev–Trinajstić information content (AvgIpc) is 2.05. The van der Waals surface area contributed by atoms with Crippen LogP contribution in [-0.2, 0) is 9.53 Å². The second kappa shape index (κ2) is 3.69. The fourth-order valence-electron chi connectivity index (χ4n) is 1.21. The van der Waals surface area contributed by atoms with E-state index >= 15 is 0 Å². The minimum Gasteiger partial charge on any atom is -0.481 e. The zero-order valence-electron chi connectivity index (χ0n) is 6.54. The minimum atomic E-state index is -0.759. The first-order chi connectivity index (χ1) is 5.24. The zero-order valence-corrected chi connectivity index (χ0v) is 6.54. The van der Waals surface area contributed by atoms with E-state index in [-0.39, 0.29) is 12.0 Å². The number of hydrogen-bond donors (Lipinski definition) is 2. The number of carboxylic acids is 1. The lowest BCUT2D eigenvalue weighted by Crippen LogP contribution is -2.40. The van der Waals surface area contributed by atoms with Crippen molar-refractivity contribution in [1.82, 2.24) is 5.32 Å². The number of hydrogen-bond acceptors (Lipinski definition) is 3. The largest absolute Gasteiger partial charge is 0.481 e. The van der Waals surface area contributed by atoms with E-state index in [4.69, 9.17) is 9.84 Å². The Kier molecular flexibility index (Phi) is 2.84. The number of rotatable bonds is 2. The molecule has 1 heterocycles. The van der Waals surface area contributed by atoms with Crippen LogP contribution in [0.15, 0.2) is 0 Å².